The highest BCUT2D eigenvalue weighted by Gasteiger charge is 2.30. The van der Waals surface area contributed by atoms with E-state index in [2.05, 4.69) is 5.09 Å². The highest BCUT2D eigenvalue weighted by atomic mass is 31.1. The summed E-state index contributed by atoms with van der Waals surface area (Å²) in [7, 11) is 2.61. The Morgan fingerprint density at radius 2 is 2.00 bits per heavy atom. The monoisotopic (exact) mass is 268 g/mol. The van der Waals surface area contributed by atoms with Crippen LogP contribution in [0.3, 0.4) is 0 Å². The number of hydrogen-bond acceptors (Lipinski definition) is 5. The zero-order chi connectivity index (χ0) is 13.6. The highest BCUT2D eigenvalue weighted by molar-refractivity contribution is 7.44. The van der Waals surface area contributed by atoms with Gasteiger partial charge in [0.1, 0.15) is 20.6 Å². The number of nitrogens with zero attached hydrogens (tertiary/aromatic N) is 1. The van der Waals surface area contributed by atoms with Gasteiger partial charge in [0, 0.05) is 6.54 Å². The van der Waals surface area contributed by atoms with Gasteiger partial charge in [-0.2, -0.15) is 0 Å². The Kier molecular flexibility index (Phi) is 6.89. The molecule has 0 saturated heterocycles. The van der Waals surface area contributed by atoms with Gasteiger partial charge < -0.3 is 29.2 Å². The second kappa shape index (κ2) is 7.08. The first-order chi connectivity index (χ1) is 7.69. The number of rotatable bonds is 8. The van der Waals surface area contributed by atoms with Crippen LogP contribution in [0.2, 0.25) is 0 Å². The van der Waals surface area contributed by atoms with Crippen LogP contribution in [0.5, 0.6) is 0 Å². The molecule has 0 aliphatic rings. The molecule has 0 saturated carbocycles. The zero-order valence-electron chi connectivity index (χ0n) is 10.3. The van der Waals surface area contributed by atoms with Crippen LogP contribution < -0.4 is 10.2 Å². The average molecular weight is 268 g/mol. The van der Waals surface area contributed by atoms with Gasteiger partial charge in [-0.3, -0.25) is 5.09 Å². The Labute approximate surface area is 101 Å². The first-order valence-electron chi connectivity index (χ1n) is 5.27. The number of likely N-dealkylation sites (N-methyl/N-ethyl adjacent to an activating group) is 1. The van der Waals surface area contributed by atoms with Gasteiger partial charge in [-0.15, -0.1) is 0 Å². The number of nitrogens with one attached hydrogen (secondary N) is 1. The van der Waals surface area contributed by atoms with Crippen molar-refractivity contribution in [1.82, 2.24) is 5.09 Å². The molecule has 0 bridgehead atoms. The lowest BCUT2D eigenvalue weighted by Crippen LogP contribution is -2.51. The normalized spacial score (nSPS) is 17.5. The van der Waals surface area contributed by atoms with Crippen molar-refractivity contribution in [3.63, 3.8) is 0 Å². The quantitative estimate of drug-likeness (QED) is 0.325. The third-order valence-electron chi connectivity index (χ3n) is 2.07. The maximum atomic E-state index is 11.6. The van der Waals surface area contributed by atoms with Crippen LogP contribution in [0.4, 0.5) is 0 Å². The number of aliphatic carboxylic acids is 1. The van der Waals surface area contributed by atoms with E-state index in [4.69, 9.17) is 5.11 Å². The number of hydrogen-bond donors (Lipinski definition) is 3. The van der Waals surface area contributed by atoms with Crippen LogP contribution in [0.25, 0.3) is 0 Å². The summed E-state index contributed by atoms with van der Waals surface area (Å²) in [4.78, 5) is 10.9. The van der Waals surface area contributed by atoms with Crippen LogP contribution in [0.1, 0.15) is 0 Å². The van der Waals surface area contributed by atoms with Crippen LogP contribution in [0, 0.1) is 0 Å². The van der Waals surface area contributed by atoms with Gasteiger partial charge >= 0.3 is 0 Å². The summed E-state index contributed by atoms with van der Waals surface area (Å²) in [6.07, 6.45) is -1.25. The number of carboxylic acids is 1. The number of carbonyl (C=O) groups excluding carboxylic acids is 1. The Balaban J connectivity index is 4.62. The molecule has 0 aromatic rings. The molecular weight excluding hydrogens is 247 g/mol. The second-order valence-electron chi connectivity index (χ2n) is 4.85. The molecule has 3 unspecified atom stereocenters. The third kappa shape index (κ3) is 6.75. The molecule has 3 atom stereocenters. The van der Waals surface area contributed by atoms with Gasteiger partial charge in [0.25, 0.3) is 0 Å². The SMILES string of the molecule is C[N+](C)(C)CC(O)C(C(=O)[O-])[PH](=O)NCCO. The first kappa shape index (κ1) is 16.5. The van der Waals surface area contributed by atoms with Gasteiger partial charge in [-0.1, -0.05) is 0 Å². The summed E-state index contributed by atoms with van der Waals surface area (Å²) in [6, 6.07) is 0. The van der Waals surface area contributed by atoms with Gasteiger partial charge in [-0.25, -0.2) is 0 Å². The van der Waals surface area contributed by atoms with E-state index < -0.39 is 25.7 Å². The standard InChI is InChI=1S/C9H21N2O5P/c1-11(2,3)6-7(13)8(9(14)15)17(16)10-4-5-12/h7-8,12-13,17H,4-6H2,1-3H3,(H-,10,14,15,16). The van der Waals surface area contributed by atoms with Crippen molar-refractivity contribution in [2.75, 3.05) is 40.8 Å². The van der Waals surface area contributed by atoms with Crippen LogP contribution in [-0.2, 0) is 9.36 Å². The Bertz CT molecular complexity index is 279. The minimum atomic E-state index is -2.74. The van der Waals surface area contributed by atoms with Crippen LogP contribution in [0.15, 0.2) is 0 Å². The third-order valence-corrected chi connectivity index (χ3v) is 3.85. The summed E-state index contributed by atoms with van der Waals surface area (Å²) < 4.78 is 12.0. The van der Waals surface area contributed by atoms with Gasteiger partial charge in [0.2, 0.25) is 0 Å². The van der Waals surface area contributed by atoms with Crippen molar-refractivity contribution < 1.29 is 29.2 Å². The van der Waals surface area contributed by atoms with E-state index in [0.29, 0.717) is 4.48 Å². The molecule has 0 aromatic heterocycles. The summed E-state index contributed by atoms with van der Waals surface area (Å²) in [5, 5.41) is 31.6. The fraction of sp³-hybridized carbons (Fsp3) is 0.889. The van der Waals surface area contributed by atoms with Crippen LogP contribution in [-0.4, -0.2) is 73.3 Å². The first-order valence-corrected chi connectivity index (χ1v) is 6.75. The minimum absolute atomic E-state index is 0.0265. The van der Waals surface area contributed by atoms with E-state index in [0.717, 1.165) is 0 Å². The molecule has 0 aromatic carbocycles. The molecule has 0 aliphatic heterocycles. The number of aliphatic hydroxyl groups excluding tert-OH is 2. The molecule has 0 heterocycles. The second-order valence-corrected chi connectivity index (χ2v) is 6.56. The number of carbonyl (C=O) groups is 1. The summed E-state index contributed by atoms with van der Waals surface area (Å²) in [5.74, 6) is -1.54. The molecule has 3 N–H and O–H groups in total. The van der Waals surface area contributed by atoms with E-state index in [1.807, 2.05) is 0 Å². The average Bonchev–Trinajstić information content (AvgIpc) is 2.10. The number of quaternary nitrogens is 1. The number of aliphatic hydroxyl groups is 2. The van der Waals surface area contributed by atoms with E-state index >= 15 is 0 Å². The summed E-state index contributed by atoms with van der Waals surface area (Å²) in [5.41, 5.74) is -1.44. The van der Waals surface area contributed by atoms with Crippen molar-refractivity contribution >= 4 is 13.9 Å². The molecule has 0 rings (SSSR count). The Hall–Kier alpha value is -0.460. The maximum Gasteiger partial charge on any atom is 0.147 e. The number of carboxylic acid groups (broad SMARTS) is 1. The fourth-order valence-electron chi connectivity index (χ4n) is 1.39. The van der Waals surface area contributed by atoms with E-state index in [1.54, 1.807) is 21.1 Å². The molecule has 0 amide bonds. The van der Waals surface area contributed by atoms with E-state index in [-0.39, 0.29) is 19.7 Å². The molecule has 8 heteroatoms. The molecule has 0 spiro atoms. The van der Waals surface area contributed by atoms with Gasteiger partial charge in [0.05, 0.1) is 39.4 Å². The topological polar surface area (TPSA) is 110 Å². The molecule has 0 fully saturated rings. The molecule has 0 aliphatic carbocycles. The van der Waals surface area contributed by atoms with E-state index in [9.17, 15) is 19.6 Å². The summed E-state index contributed by atoms with van der Waals surface area (Å²) in [6.45, 7) is -0.0733. The molecule has 0 radical (unpaired) electrons. The van der Waals surface area contributed by atoms with Crippen LogP contribution >= 0.6 is 7.95 Å². The lowest BCUT2D eigenvalue weighted by Gasteiger charge is -2.31. The smallest absolute Gasteiger partial charge is 0.147 e. The van der Waals surface area contributed by atoms with Gasteiger partial charge in [0.15, 0.2) is 0 Å². The van der Waals surface area contributed by atoms with Crippen molar-refractivity contribution in [3.8, 4) is 0 Å². The Morgan fingerprint density at radius 3 is 2.35 bits per heavy atom. The zero-order valence-corrected chi connectivity index (χ0v) is 11.3. The van der Waals surface area contributed by atoms with Crippen molar-refractivity contribution in [2.24, 2.45) is 0 Å². The molecule has 102 valence electrons. The van der Waals surface area contributed by atoms with Crippen molar-refractivity contribution in [3.05, 3.63) is 0 Å². The fourth-order valence-corrected chi connectivity index (χ4v) is 2.64. The Morgan fingerprint density at radius 1 is 1.47 bits per heavy atom. The molecular formula is C9H21N2O5P. The maximum absolute atomic E-state index is 11.6. The lowest BCUT2D eigenvalue weighted by molar-refractivity contribution is -0.873. The molecule has 17 heavy (non-hydrogen) atoms. The summed E-state index contributed by atoms with van der Waals surface area (Å²) >= 11 is 0. The highest BCUT2D eigenvalue weighted by Crippen LogP contribution is 2.26. The van der Waals surface area contributed by atoms with Crippen molar-refractivity contribution in [1.29, 1.82) is 0 Å². The predicted octanol–water partition coefficient (Wildman–Crippen LogP) is -2.77. The minimum Gasteiger partial charge on any atom is -0.549 e. The van der Waals surface area contributed by atoms with Crippen molar-refractivity contribution in [2.45, 2.75) is 11.8 Å². The molecule has 7 nitrogen and oxygen atoms in total. The lowest BCUT2D eigenvalue weighted by atomic mass is 10.2. The van der Waals surface area contributed by atoms with E-state index in [1.165, 1.54) is 0 Å². The van der Waals surface area contributed by atoms with Gasteiger partial charge in [-0.05, 0) is 0 Å². The predicted molar refractivity (Wildman–Crippen MR) is 61.8 cm³/mol. The largest absolute Gasteiger partial charge is 0.549 e.